The van der Waals surface area contributed by atoms with Crippen LogP contribution in [0.25, 0.3) is 44.2 Å². The van der Waals surface area contributed by atoms with Crippen molar-refractivity contribution in [3.8, 4) is 22.3 Å². The Labute approximate surface area is 336 Å². The van der Waals surface area contributed by atoms with Crippen molar-refractivity contribution in [3.63, 3.8) is 0 Å². The van der Waals surface area contributed by atoms with Crippen molar-refractivity contribution in [1.29, 1.82) is 0 Å². The number of furan rings is 1. The smallest absolute Gasteiger partial charge is 0.198 e. The maximum Gasteiger partial charge on any atom is 0.198 e. The van der Waals surface area contributed by atoms with Crippen LogP contribution in [0.15, 0.2) is 144 Å². The van der Waals surface area contributed by atoms with Crippen LogP contribution in [0.4, 0.5) is 28.4 Å². The lowest BCUT2D eigenvalue weighted by Crippen LogP contribution is -2.45. The van der Waals surface area contributed by atoms with Gasteiger partial charge >= 0.3 is 0 Å². The molecule has 7 aromatic carbocycles. The zero-order valence-electron chi connectivity index (χ0n) is 33.8. The van der Waals surface area contributed by atoms with Gasteiger partial charge in [-0.25, -0.2) is 0 Å². The third-order valence-electron chi connectivity index (χ3n) is 13.7. The number of hydrogen-bond acceptors (Lipinski definition) is 3. The number of fused-ring (bicyclic) bond motifs is 8. The highest BCUT2D eigenvalue weighted by atomic mass is 16.3. The van der Waals surface area contributed by atoms with Gasteiger partial charge in [0.05, 0.1) is 11.4 Å². The summed E-state index contributed by atoms with van der Waals surface area (Å²) in [5.41, 5.74) is 20.8. The van der Waals surface area contributed by atoms with Crippen LogP contribution in [0.2, 0.25) is 0 Å². The van der Waals surface area contributed by atoms with Gasteiger partial charge in [-0.15, -0.1) is 0 Å². The fraction of sp³-hybridized carbons (Fsp3) is 0.208. The second kappa shape index (κ2) is 12.0. The zero-order chi connectivity index (χ0) is 38.8. The minimum absolute atomic E-state index is 0.0999. The van der Waals surface area contributed by atoms with Gasteiger partial charge in [0.25, 0.3) is 0 Å². The number of nitrogens with one attached hydrogen (secondary N) is 1. The molecule has 1 N–H and O–H groups in total. The van der Waals surface area contributed by atoms with Gasteiger partial charge in [0.2, 0.25) is 0 Å². The molecule has 57 heavy (non-hydrogen) atoms. The molecule has 11 rings (SSSR count). The van der Waals surface area contributed by atoms with E-state index in [4.69, 9.17) is 4.42 Å². The Kier molecular flexibility index (Phi) is 7.22. The number of para-hydroxylation sites is 3. The highest BCUT2D eigenvalue weighted by molar-refractivity contribution is 6.73. The minimum Gasteiger partial charge on any atom is -0.455 e. The van der Waals surface area contributed by atoms with E-state index in [1.807, 2.05) is 0 Å². The summed E-state index contributed by atoms with van der Waals surface area (Å²) in [5.74, 6) is 0. The standard InChI is InChI=1S/C53H47BN2O/c1-51(2)27-28-52(3,4)41-31-34(23-25-38(41)51)55-43-26-24-36-35-17-10-13-22-46(35)57-50(36)47(43)37-29-33(32-15-8-7-9-16-32)30-45-48(37)54-42-20-14-19-40-49(42)56(45)44-21-12-11-18-39(44)53(40,5)6/h7-26,29-31,54-55H,27-28H2,1-6H3. The highest BCUT2D eigenvalue weighted by Gasteiger charge is 2.42. The van der Waals surface area contributed by atoms with E-state index in [2.05, 4.69) is 191 Å². The molecule has 0 radical (unpaired) electrons. The molecule has 0 fully saturated rings. The van der Waals surface area contributed by atoms with Crippen LogP contribution in [0.5, 0.6) is 0 Å². The van der Waals surface area contributed by atoms with Gasteiger partial charge in [0.1, 0.15) is 11.2 Å². The molecule has 1 aliphatic carbocycles. The third-order valence-corrected chi connectivity index (χ3v) is 13.7. The second-order valence-corrected chi connectivity index (χ2v) is 18.5. The second-order valence-electron chi connectivity index (χ2n) is 18.5. The molecule has 0 saturated heterocycles. The van der Waals surface area contributed by atoms with Gasteiger partial charge in [-0.3, -0.25) is 0 Å². The summed E-state index contributed by atoms with van der Waals surface area (Å²) in [6, 6.07) is 51.7. The summed E-state index contributed by atoms with van der Waals surface area (Å²) in [6.45, 7) is 14.4. The molecule has 0 saturated carbocycles. The molecule has 2 aliphatic heterocycles. The summed E-state index contributed by atoms with van der Waals surface area (Å²) in [7, 11) is 0.815. The van der Waals surface area contributed by atoms with Crippen molar-refractivity contribution >= 4 is 68.6 Å². The van der Waals surface area contributed by atoms with Gasteiger partial charge in [0, 0.05) is 38.8 Å². The van der Waals surface area contributed by atoms with Crippen molar-refractivity contribution in [1.82, 2.24) is 0 Å². The van der Waals surface area contributed by atoms with Crippen molar-refractivity contribution in [2.75, 3.05) is 10.2 Å². The maximum atomic E-state index is 6.99. The summed E-state index contributed by atoms with van der Waals surface area (Å²) < 4.78 is 6.99. The van der Waals surface area contributed by atoms with E-state index in [1.165, 1.54) is 79.8 Å². The first-order chi connectivity index (χ1) is 27.5. The molecule has 1 aromatic heterocycles. The molecule has 278 valence electrons. The summed E-state index contributed by atoms with van der Waals surface area (Å²) in [5, 5.41) is 6.27. The first kappa shape index (κ1) is 34.3. The molecule has 0 spiro atoms. The zero-order valence-corrected chi connectivity index (χ0v) is 33.8. The largest absolute Gasteiger partial charge is 0.455 e. The monoisotopic (exact) mass is 738 g/mol. The van der Waals surface area contributed by atoms with Gasteiger partial charge in [-0.2, -0.15) is 0 Å². The Morgan fingerprint density at radius 2 is 1.32 bits per heavy atom. The first-order valence-electron chi connectivity index (χ1n) is 20.6. The Hall–Kier alpha value is -6.00. The fourth-order valence-corrected chi connectivity index (χ4v) is 10.5. The van der Waals surface area contributed by atoms with E-state index < -0.39 is 0 Å². The average molecular weight is 739 g/mol. The van der Waals surface area contributed by atoms with Crippen molar-refractivity contribution < 1.29 is 4.42 Å². The molecule has 4 heteroatoms. The number of rotatable bonds is 4. The third kappa shape index (κ3) is 5.05. The number of nitrogens with zero attached hydrogens (tertiary/aromatic N) is 1. The number of benzene rings is 7. The van der Waals surface area contributed by atoms with Gasteiger partial charge < -0.3 is 14.6 Å². The van der Waals surface area contributed by atoms with Gasteiger partial charge in [-0.05, 0) is 117 Å². The molecular formula is C53H47BN2O. The molecule has 8 aromatic rings. The summed E-state index contributed by atoms with van der Waals surface area (Å²) >= 11 is 0. The SMILES string of the molecule is CC1(C)CCC(C)(C)c2cc(Nc3ccc4c(oc5ccccc54)c3-c3cc(-c4ccccc4)cc4c3Bc3cccc5c3N4c3ccccc3C5(C)C)ccc21. The molecule has 0 unspecified atom stereocenters. The van der Waals surface area contributed by atoms with Crippen LogP contribution in [-0.2, 0) is 16.2 Å². The Morgan fingerprint density at radius 3 is 2.16 bits per heavy atom. The molecule has 3 nitrogen and oxygen atoms in total. The van der Waals surface area contributed by atoms with E-state index in [9.17, 15) is 0 Å². The molecular weight excluding hydrogens is 691 g/mol. The Bertz CT molecular complexity index is 2950. The van der Waals surface area contributed by atoms with Crippen molar-refractivity contribution in [3.05, 3.63) is 162 Å². The lowest BCUT2D eigenvalue weighted by atomic mass is 9.55. The molecule has 0 atom stereocenters. The lowest BCUT2D eigenvalue weighted by molar-refractivity contribution is 0.332. The van der Waals surface area contributed by atoms with Crippen molar-refractivity contribution in [2.24, 2.45) is 0 Å². The first-order valence-corrected chi connectivity index (χ1v) is 20.6. The summed E-state index contributed by atoms with van der Waals surface area (Å²) in [6.07, 6.45) is 2.37. The van der Waals surface area contributed by atoms with Gasteiger partial charge in [-0.1, -0.05) is 138 Å². The maximum absolute atomic E-state index is 6.99. The number of anilines is 5. The average Bonchev–Trinajstić information content (AvgIpc) is 3.60. The molecule has 3 aliphatic rings. The lowest BCUT2D eigenvalue weighted by Gasteiger charge is -2.46. The van der Waals surface area contributed by atoms with Crippen LogP contribution >= 0.6 is 0 Å². The van der Waals surface area contributed by atoms with E-state index >= 15 is 0 Å². The van der Waals surface area contributed by atoms with Crippen LogP contribution in [0.3, 0.4) is 0 Å². The molecule has 0 bridgehead atoms. The predicted molar refractivity (Wildman–Crippen MR) is 243 cm³/mol. The van der Waals surface area contributed by atoms with E-state index in [0.717, 1.165) is 46.2 Å². The molecule has 3 heterocycles. The Balaban J connectivity index is 1.21. The minimum atomic E-state index is -0.134. The van der Waals surface area contributed by atoms with E-state index in [0.29, 0.717) is 0 Å². The van der Waals surface area contributed by atoms with E-state index in [-0.39, 0.29) is 16.2 Å². The van der Waals surface area contributed by atoms with Crippen LogP contribution in [-0.4, -0.2) is 7.28 Å². The number of hydrogen-bond donors (Lipinski definition) is 1. The Morgan fingerprint density at radius 1 is 0.579 bits per heavy atom. The van der Waals surface area contributed by atoms with Crippen LogP contribution < -0.4 is 21.1 Å². The van der Waals surface area contributed by atoms with Crippen LogP contribution in [0, 0.1) is 0 Å². The van der Waals surface area contributed by atoms with Crippen molar-refractivity contribution in [2.45, 2.75) is 70.6 Å². The predicted octanol–water partition coefficient (Wildman–Crippen LogP) is 12.8. The topological polar surface area (TPSA) is 28.4 Å². The molecule has 0 amide bonds. The van der Waals surface area contributed by atoms with Crippen LogP contribution in [0.1, 0.15) is 76.6 Å². The van der Waals surface area contributed by atoms with E-state index in [1.54, 1.807) is 0 Å². The highest BCUT2D eigenvalue weighted by Crippen LogP contribution is 2.54. The quantitative estimate of drug-likeness (QED) is 0.182. The summed E-state index contributed by atoms with van der Waals surface area (Å²) in [4.78, 5) is 2.57. The van der Waals surface area contributed by atoms with Gasteiger partial charge in [0.15, 0.2) is 7.28 Å². The normalized spacial score (nSPS) is 16.6. The fourth-order valence-electron chi connectivity index (χ4n) is 10.5.